The van der Waals surface area contributed by atoms with Crippen molar-refractivity contribution >= 4 is 17.7 Å². The molecule has 5 nitrogen and oxygen atoms in total. The highest BCUT2D eigenvalue weighted by molar-refractivity contribution is 7.98. The van der Waals surface area contributed by atoms with E-state index in [1.165, 1.54) is 0 Å². The topological polar surface area (TPSA) is 72.9 Å². The van der Waals surface area contributed by atoms with Crippen molar-refractivity contribution in [3.05, 3.63) is 47.3 Å². The third kappa shape index (κ3) is 4.59. The summed E-state index contributed by atoms with van der Waals surface area (Å²) in [7, 11) is 0. The van der Waals surface area contributed by atoms with Crippen LogP contribution in [0.1, 0.15) is 23.4 Å². The van der Waals surface area contributed by atoms with Crippen molar-refractivity contribution in [1.82, 2.24) is 15.1 Å². The predicted octanol–water partition coefficient (Wildman–Crippen LogP) is 2.19. The van der Waals surface area contributed by atoms with E-state index in [4.69, 9.17) is 5.73 Å². The lowest BCUT2D eigenvalue weighted by Crippen LogP contribution is -2.40. The summed E-state index contributed by atoms with van der Waals surface area (Å²) in [6.45, 7) is 4.44. The van der Waals surface area contributed by atoms with Gasteiger partial charge in [0, 0.05) is 12.2 Å². The summed E-state index contributed by atoms with van der Waals surface area (Å²) in [6, 6.07) is 9.52. The van der Waals surface area contributed by atoms with Crippen LogP contribution in [0.2, 0.25) is 0 Å². The van der Waals surface area contributed by atoms with E-state index in [0.717, 1.165) is 28.4 Å². The molecular weight excluding hydrogens is 308 g/mol. The molecule has 0 unspecified atom stereocenters. The van der Waals surface area contributed by atoms with E-state index in [1.807, 2.05) is 55.1 Å². The maximum atomic E-state index is 12.1. The number of aromatic nitrogens is 2. The Morgan fingerprint density at radius 2 is 2.13 bits per heavy atom. The molecule has 23 heavy (non-hydrogen) atoms. The fourth-order valence-electron chi connectivity index (χ4n) is 2.43. The smallest absolute Gasteiger partial charge is 0.237 e. The summed E-state index contributed by atoms with van der Waals surface area (Å²) in [5, 5.41) is 7.45. The Balaban J connectivity index is 2.09. The van der Waals surface area contributed by atoms with Crippen LogP contribution < -0.4 is 11.1 Å². The number of nitrogens with one attached hydrogen (secondary N) is 1. The van der Waals surface area contributed by atoms with Crippen molar-refractivity contribution in [2.75, 3.05) is 12.0 Å². The van der Waals surface area contributed by atoms with Crippen LogP contribution in [0.5, 0.6) is 0 Å². The van der Waals surface area contributed by atoms with Crippen LogP contribution in [0.15, 0.2) is 30.3 Å². The highest BCUT2D eigenvalue weighted by Crippen LogP contribution is 2.17. The molecule has 3 N–H and O–H groups in total. The summed E-state index contributed by atoms with van der Waals surface area (Å²) in [6.07, 6.45) is 2.70. The second-order valence-corrected chi connectivity index (χ2v) is 6.56. The van der Waals surface area contributed by atoms with Crippen LogP contribution >= 0.6 is 11.8 Å². The molecule has 0 fully saturated rings. The molecule has 0 aliphatic carbocycles. The fourth-order valence-corrected chi connectivity index (χ4v) is 2.92. The molecule has 0 saturated carbocycles. The zero-order valence-corrected chi connectivity index (χ0v) is 14.7. The number of carbonyl (C=O) groups excluding carboxylic acids is 1. The van der Waals surface area contributed by atoms with Gasteiger partial charge in [0.2, 0.25) is 5.91 Å². The minimum absolute atomic E-state index is 0.109. The van der Waals surface area contributed by atoms with Crippen molar-refractivity contribution in [2.45, 2.75) is 32.9 Å². The molecule has 2 aromatic rings. The first-order chi connectivity index (χ1) is 11.0. The lowest BCUT2D eigenvalue weighted by molar-refractivity contribution is -0.122. The van der Waals surface area contributed by atoms with E-state index in [2.05, 4.69) is 10.4 Å². The van der Waals surface area contributed by atoms with E-state index < -0.39 is 6.04 Å². The molecule has 124 valence electrons. The molecule has 1 aromatic heterocycles. The Labute approximate surface area is 141 Å². The molecule has 0 aliphatic rings. The van der Waals surface area contributed by atoms with Crippen LogP contribution in [0.3, 0.4) is 0 Å². The summed E-state index contributed by atoms with van der Waals surface area (Å²) in [5.41, 5.74) is 9.94. The first-order valence-corrected chi connectivity index (χ1v) is 9.06. The normalized spacial score (nSPS) is 12.2. The summed E-state index contributed by atoms with van der Waals surface area (Å²) in [4.78, 5) is 12.1. The van der Waals surface area contributed by atoms with Crippen molar-refractivity contribution in [1.29, 1.82) is 0 Å². The quantitative estimate of drug-likeness (QED) is 0.815. The minimum Gasteiger partial charge on any atom is -0.351 e. The number of aryl methyl sites for hydroxylation is 2. The molecule has 1 aromatic carbocycles. The SMILES string of the molecule is CSCC[C@H](N)C(=O)NCc1ccccc1-n1nc(C)cc1C. The van der Waals surface area contributed by atoms with Crippen LogP contribution in [-0.2, 0) is 11.3 Å². The lowest BCUT2D eigenvalue weighted by atomic mass is 10.1. The Morgan fingerprint density at radius 1 is 1.39 bits per heavy atom. The fraction of sp³-hybridized carbons (Fsp3) is 0.412. The van der Waals surface area contributed by atoms with Gasteiger partial charge in [-0.1, -0.05) is 18.2 Å². The average Bonchev–Trinajstić information content (AvgIpc) is 2.88. The van der Waals surface area contributed by atoms with Crippen molar-refractivity contribution in [3.8, 4) is 5.69 Å². The number of rotatable bonds is 7. The molecule has 1 atom stereocenters. The number of thioether (sulfide) groups is 1. The molecule has 1 amide bonds. The second kappa shape index (κ2) is 8.17. The summed E-state index contributed by atoms with van der Waals surface area (Å²) >= 11 is 1.69. The Hall–Kier alpha value is -1.79. The minimum atomic E-state index is -0.455. The van der Waals surface area contributed by atoms with Gasteiger partial charge in [-0.15, -0.1) is 0 Å². The standard InChI is InChI=1S/C17H24N4OS/c1-12-10-13(2)21(20-12)16-7-5-4-6-14(16)11-19-17(22)15(18)8-9-23-3/h4-7,10,15H,8-9,11,18H2,1-3H3,(H,19,22)/t15-/m0/s1. The van der Waals surface area contributed by atoms with Crippen LogP contribution in [0, 0.1) is 13.8 Å². The highest BCUT2D eigenvalue weighted by Gasteiger charge is 2.14. The average molecular weight is 332 g/mol. The van der Waals surface area contributed by atoms with E-state index in [9.17, 15) is 4.79 Å². The molecule has 2 rings (SSSR count). The molecule has 0 saturated heterocycles. The van der Waals surface area contributed by atoms with Crippen molar-refractivity contribution in [3.63, 3.8) is 0 Å². The van der Waals surface area contributed by atoms with E-state index in [-0.39, 0.29) is 5.91 Å². The van der Waals surface area contributed by atoms with Crippen LogP contribution in [0.25, 0.3) is 5.69 Å². The van der Waals surface area contributed by atoms with Gasteiger partial charge in [0.05, 0.1) is 17.4 Å². The highest BCUT2D eigenvalue weighted by atomic mass is 32.2. The number of hydrogen-bond acceptors (Lipinski definition) is 4. The van der Waals surface area contributed by atoms with E-state index >= 15 is 0 Å². The molecule has 1 heterocycles. The molecule has 0 spiro atoms. The number of nitrogens with two attached hydrogens (primary N) is 1. The van der Waals surface area contributed by atoms with Gasteiger partial charge < -0.3 is 11.1 Å². The van der Waals surface area contributed by atoms with Gasteiger partial charge in [-0.25, -0.2) is 4.68 Å². The van der Waals surface area contributed by atoms with Gasteiger partial charge in [0.15, 0.2) is 0 Å². The van der Waals surface area contributed by atoms with E-state index in [1.54, 1.807) is 11.8 Å². The third-order valence-electron chi connectivity index (χ3n) is 3.65. The molecule has 0 bridgehead atoms. The van der Waals surface area contributed by atoms with Gasteiger partial charge >= 0.3 is 0 Å². The Kier molecular flexibility index (Phi) is 6.24. The lowest BCUT2D eigenvalue weighted by Gasteiger charge is -2.14. The van der Waals surface area contributed by atoms with Gasteiger partial charge in [-0.05, 0) is 50.0 Å². The Bertz CT molecular complexity index is 668. The number of nitrogens with zero attached hydrogens (tertiary/aromatic N) is 2. The largest absolute Gasteiger partial charge is 0.351 e. The molecule has 0 aliphatic heterocycles. The van der Waals surface area contributed by atoms with Crippen LogP contribution in [-0.4, -0.2) is 33.7 Å². The van der Waals surface area contributed by atoms with Crippen molar-refractivity contribution < 1.29 is 4.79 Å². The maximum Gasteiger partial charge on any atom is 0.237 e. The molecular formula is C17H24N4OS. The van der Waals surface area contributed by atoms with Gasteiger partial charge in [0.1, 0.15) is 0 Å². The number of para-hydroxylation sites is 1. The van der Waals surface area contributed by atoms with Crippen LogP contribution in [0.4, 0.5) is 0 Å². The predicted molar refractivity (Wildman–Crippen MR) is 95.9 cm³/mol. The second-order valence-electron chi connectivity index (χ2n) is 5.57. The van der Waals surface area contributed by atoms with Gasteiger partial charge in [0.25, 0.3) is 0 Å². The number of hydrogen-bond donors (Lipinski definition) is 2. The summed E-state index contributed by atoms with van der Waals surface area (Å²) in [5.74, 6) is 0.777. The monoisotopic (exact) mass is 332 g/mol. The number of benzene rings is 1. The molecule has 6 heteroatoms. The molecule has 0 radical (unpaired) electrons. The first-order valence-electron chi connectivity index (χ1n) is 7.66. The maximum absolute atomic E-state index is 12.1. The van der Waals surface area contributed by atoms with Gasteiger partial charge in [-0.2, -0.15) is 16.9 Å². The Morgan fingerprint density at radius 3 is 2.78 bits per heavy atom. The zero-order chi connectivity index (χ0) is 16.8. The van der Waals surface area contributed by atoms with Crippen molar-refractivity contribution in [2.24, 2.45) is 5.73 Å². The number of carbonyl (C=O) groups is 1. The number of amides is 1. The summed E-state index contributed by atoms with van der Waals surface area (Å²) < 4.78 is 1.91. The van der Waals surface area contributed by atoms with Gasteiger partial charge in [-0.3, -0.25) is 4.79 Å². The third-order valence-corrected chi connectivity index (χ3v) is 4.30. The van der Waals surface area contributed by atoms with E-state index in [0.29, 0.717) is 13.0 Å². The first kappa shape index (κ1) is 17.6. The zero-order valence-electron chi connectivity index (χ0n) is 13.9.